The maximum Gasteiger partial charge on any atom is 0.207 e. The molecule has 0 amide bonds. The van der Waals surface area contributed by atoms with Crippen molar-refractivity contribution in [2.75, 3.05) is 7.11 Å². The zero-order valence-corrected chi connectivity index (χ0v) is 18.6. The predicted octanol–water partition coefficient (Wildman–Crippen LogP) is 6.99. The fraction of sp³-hybridized carbons (Fsp3) is 0.192. The van der Waals surface area contributed by atoms with Crippen molar-refractivity contribution in [3.63, 3.8) is 0 Å². The van der Waals surface area contributed by atoms with E-state index < -0.39 is 41.4 Å². The first-order valence-corrected chi connectivity index (χ1v) is 10.3. The lowest BCUT2D eigenvalue weighted by Crippen LogP contribution is -2.07. The number of benzene rings is 3. The van der Waals surface area contributed by atoms with Crippen molar-refractivity contribution in [1.29, 1.82) is 0 Å². The average Bonchev–Trinajstić information content (AvgIpc) is 2.84. The number of hydrogen-bond donors (Lipinski definition) is 0. The van der Waals surface area contributed by atoms with Crippen LogP contribution >= 0.6 is 0 Å². The second-order valence-electron chi connectivity index (χ2n) is 7.73. The standard InChI is InChI=1S/C26H21F5O3/c1-14(2)16-6-8-17(9-7-16)19(32)10-4-15-5-11-20(33-3)18(12-15)13-34-26-24(30)22(28)21(27)23(29)25(26)31/h4-12,14H,13H2,1-3H3/b10-4+. The molecule has 3 aromatic rings. The molecule has 0 saturated carbocycles. The Balaban J connectivity index is 1.81. The molecular weight excluding hydrogens is 455 g/mol. The highest BCUT2D eigenvalue weighted by molar-refractivity contribution is 6.06. The number of hydrogen-bond acceptors (Lipinski definition) is 3. The maximum absolute atomic E-state index is 13.9. The molecule has 0 aliphatic heterocycles. The molecule has 0 atom stereocenters. The van der Waals surface area contributed by atoms with Gasteiger partial charge in [0, 0.05) is 11.1 Å². The lowest BCUT2D eigenvalue weighted by atomic mass is 10.00. The summed E-state index contributed by atoms with van der Waals surface area (Å²) in [6.45, 7) is 3.55. The molecule has 0 fully saturated rings. The minimum atomic E-state index is -2.27. The number of halogens is 5. The highest BCUT2D eigenvalue weighted by Crippen LogP contribution is 2.31. The second-order valence-corrected chi connectivity index (χ2v) is 7.73. The molecule has 3 nitrogen and oxygen atoms in total. The molecule has 0 radical (unpaired) electrons. The number of methoxy groups -OCH3 is 1. The number of ether oxygens (including phenoxy) is 2. The number of ketones is 1. The lowest BCUT2D eigenvalue weighted by Gasteiger charge is -2.13. The molecule has 0 heterocycles. The van der Waals surface area contributed by atoms with Gasteiger partial charge in [0.15, 0.2) is 11.5 Å². The van der Waals surface area contributed by atoms with Crippen molar-refractivity contribution in [1.82, 2.24) is 0 Å². The summed E-state index contributed by atoms with van der Waals surface area (Å²) in [5, 5.41) is 0. The SMILES string of the molecule is COc1ccc(/C=C/C(=O)c2ccc(C(C)C)cc2)cc1COc1c(F)c(F)c(F)c(F)c1F. The topological polar surface area (TPSA) is 35.5 Å². The molecule has 0 aliphatic carbocycles. The van der Waals surface area contributed by atoms with E-state index in [4.69, 9.17) is 9.47 Å². The monoisotopic (exact) mass is 476 g/mol. The predicted molar refractivity (Wildman–Crippen MR) is 117 cm³/mol. The first-order valence-electron chi connectivity index (χ1n) is 10.3. The largest absolute Gasteiger partial charge is 0.496 e. The van der Waals surface area contributed by atoms with E-state index in [1.165, 1.54) is 31.4 Å². The highest BCUT2D eigenvalue weighted by Gasteiger charge is 2.27. The summed E-state index contributed by atoms with van der Waals surface area (Å²) < 4.78 is 77.9. The smallest absolute Gasteiger partial charge is 0.207 e. The molecule has 0 N–H and O–H groups in total. The van der Waals surface area contributed by atoms with E-state index in [1.54, 1.807) is 18.2 Å². The Kier molecular flexibility index (Phi) is 7.71. The van der Waals surface area contributed by atoms with Crippen LogP contribution < -0.4 is 9.47 Å². The first kappa shape index (κ1) is 25.0. The molecule has 0 saturated heterocycles. The number of carbonyl (C=O) groups is 1. The molecule has 3 aromatic carbocycles. The molecule has 0 bridgehead atoms. The Hall–Kier alpha value is -3.68. The minimum absolute atomic E-state index is 0.231. The zero-order chi connectivity index (χ0) is 25.0. The van der Waals surface area contributed by atoms with Crippen LogP contribution in [0, 0.1) is 29.1 Å². The molecular formula is C26H21F5O3. The number of carbonyl (C=O) groups excluding carboxylic acids is 1. The van der Waals surface area contributed by atoms with Crippen molar-refractivity contribution in [3.8, 4) is 11.5 Å². The highest BCUT2D eigenvalue weighted by atomic mass is 19.2. The Morgan fingerprint density at radius 2 is 1.47 bits per heavy atom. The summed E-state index contributed by atoms with van der Waals surface area (Å²) in [5.74, 6) is -11.6. The van der Waals surface area contributed by atoms with Gasteiger partial charge >= 0.3 is 0 Å². The van der Waals surface area contributed by atoms with Crippen LogP contribution in [-0.2, 0) is 6.61 Å². The molecule has 34 heavy (non-hydrogen) atoms. The van der Waals surface area contributed by atoms with Crippen LogP contribution in [0.15, 0.2) is 48.5 Å². The van der Waals surface area contributed by atoms with Gasteiger partial charge in [0.05, 0.1) is 7.11 Å². The van der Waals surface area contributed by atoms with Gasteiger partial charge in [0.2, 0.25) is 29.1 Å². The van der Waals surface area contributed by atoms with E-state index in [-0.39, 0.29) is 17.1 Å². The third-order valence-corrected chi connectivity index (χ3v) is 5.14. The van der Waals surface area contributed by atoms with Crippen LogP contribution in [0.25, 0.3) is 6.08 Å². The quantitative estimate of drug-likeness (QED) is 0.116. The van der Waals surface area contributed by atoms with Crippen LogP contribution in [0.4, 0.5) is 22.0 Å². The number of allylic oxidation sites excluding steroid dienone is 1. The van der Waals surface area contributed by atoms with E-state index in [1.807, 2.05) is 26.0 Å². The molecule has 3 rings (SSSR count). The van der Waals surface area contributed by atoms with E-state index in [9.17, 15) is 26.7 Å². The van der Waals surface area contributed by atoms with Crippen LogP contribution in [0.1, 0.15) is 46.8 Å². The van der Waals surface area contributed by atoms with Crippen LogP contribution in [0.5, 0.6) is 11.5 Å². The summed E-state index contributed by atoms with van der Waals surface area (Å²) in [6, 6.07) is 11.9. The Morgan fingerprint density at radius 1 is 0.882 bits per heavy atom. The van der Waals surface area contributed by atoms with E-state index in [0.717, 1.165) is 5.56 Å². The summed E-state index contributed by atoms with van der Waals surface area (Å²) >= 11 is 0. The van der Waals surface area contributed by atoms with Gasteiger partial charge in [0.1, 0.15) is 12.4 Å². The third-order valence-electron chi connectivity index (χ3n) is 5.14. The summed E-state index contributed by atoms with van der Waals surface area (Å²) in [4.78, 5) is 12.5. The fourth-order valence-corrected chi connectivity index (χ4v) is 3.18. The van der Waals surface area contributed by atoms with Crippen LogP contribution in [0.3, 0.4) is 0 Å². The molecule has 0 aromatic heterocycles. The van der Waals surface area contributed by atoms with E-state index >= 15 is 0 Å². The van der Waals surface area contributed by atoms with E-state index in [0.29, 0.717) is 17.0 Å². The third kappa shape index (κ3) is 5.27. The van der Waals surface area contributed by atoms with Crippen molar-refractivity contribution in [2.24, 2.45) is 0 Å². The van der Waals surface area contributed by atoms with Gasteiger partial charge < -0.3 is 9.47 Å². The molecule has 8 heteroatoms. The van der Waals surface area contributed by atoms with Gasteiger partial charge in [-0.25, -0.2) is 13.2 Å². The Morgan fingerprint density at radius 3 is 2.03 bits per heavy atom. The van der Waals surface area contributed by atoms with Crippen molar-refractivity contribution < 1.29 is 36.2 Å². The summed E-state index contributed by atoms with van der Waals surface area (Å²) in [7, 11) is 1.34. The summed E-state index contributed by atoms with van der Waals surface area (Å²) in [6.07, 6.45) is 2.89. The summed E-state index contributed by atoms with van der Waals surface area (Å²) in [5.41, 5.74) is 2.41. The maximum atomic E-state index is 13.9. The molecule has 0 spiro atoms. The van der Waals surface area contributed by atoms with E-state index in [2.05, 4.69) is 0 Å². The van der Waals surface area contributed by atoms with Crippen molar-refractivity contribution >= 4 is 11.9 Å². The molecule has 0 aliphatic rings. The normalized spacial score (nSPS) is 11.3. The Bertz CT molecular complexity index is 1210. The van der Waals surface area contributed by atoms with Crippen molar-refractivity contribution in [2.45, 2.75) is 26.4 Å². The van der Waals surface area contributed by atoms with Gasteiger partial charge in [-0.2, -0.15) is 8.78 Å². The van der Waals surface area contributed by atoms with Crippen LogP contribution in [-0.4, -0.2) is 12.9 Å². The second kappa shape index (κ2) is 10.5. The average molecular weight is 476 g/mol. The first-order chi connectivity index (χ1) is 16.1. The van der Waals surface area contributed by atoms with Gasteiger partial charge in [0.25, 0.3) is 0 Å². The van der Waals surface area contributed by atoms with Gasteiger partial charge in [-0.05, 0) is 35.3 Å². The van der Waals surface area contributed by atoms with Crippen LogP contribution in [0.2, 0.25) is 0 Å². The Labute approximate surface area is 193 Å². The van der Waals surface area contributed by atoms with Gasteiger partial charge in [-0.3, -0.25) is 4.79 Å². The van der Waals surface area contributed by atoms with Gasteiger partial charge in [-0.1, -0.05) is 50.3 Å². The van der Waals surface area contributed by atoms with Crippen molar-refractivity contribution in [3.05, 3.63) is 99.9 Å². The number of rotatable bonds is 8. The van der Waals surface area contributed by atoms with Gasteiger partial charge in [-0.15, -0.1) is 0 Å². The fourth-order valence-electron chi connectivity index (χ4n) is 3.18. The zero-order valence-electron chi connectivity index (χ0n) is 18.6. The molecule has 0 unspecified atom stereocenters. The lowest BCUT2D eigenvalue weighted by molar-refractivity contribution is 0.104. The molecule has 178 valence electrons. The minimum Gasteiger partial charge on any atom is -0.496 e.